The van der Waals surface area contributed by atoms with Gasteiger partial charge in [0, 0.05) is 17.8 Å². The minimum atomic E-state index is -0.0725. The van der Waals surface area contributed by atoms with Gasteiger partial charge in [0.1, 0.15) is 11.3 Å². The lowest BCUT2D eigenvalue weighted by molar-refractivity contribution is 0.434. The molecule has 4 nitrogen and oxygen atoms in total. The summed E-state index contributed by atoms with van der Waals surface area (Å²) < 4.78 is 6.86. The third kappa shape index (κ3) is 2.60. The number of rotatable bonds is 4. The maximum Gasteiger partial charge on any atom is 0.148 e. The highest BCUT2D eigenvalue weighted by Crippen LogP contribution is 2.30. The molecule has 1 atom stereocenters. The molecule has 0 spiro atoms. The fraction of sp³-hybridized carbons (Fsp3) is 0.133. The molecule has 0 amide bonds. The number of hydrogen-bond acceptors (Lipinski definition) is 4. The lowest BCUT2D eigenvalue weighted by Gasteiger charge is -2.12. The highest BCUT2D eigenvalue weighted by Gasteiger charge is 2.16. The number of hydrazine groups is 1. The van der Waals surface area contributed by atoms with Crippen molar-refractivity contribution in [3.8, 4) is 0 Å². The van der Waals surface area contributed by atoms with Crippen molar-refractivity contribution in [3.05, 3.63) is 64.6 Å². The molecule has 0 saturated carbocycles. The summed E-state index contributed by atoms with van der Waals surface area (Å²) in [6.45, 7) is 0. The predicted octanol–water partition coefficient (Wildman–Crippen LogP) is 3.34. The topological polar surface area (TPSA) is 64.1 Å². The quantitative estimate of drug-likeness (QED) is 0.568. The van der Waals surface area contributed by atoms with Gasteiger partial charge in [0.2, 0.25) is 0 Å². The van der Waals surface area contributed by atoms with E-state index in [1.165, 1.54) is 0 Å². The van der Waals surface area contributed by atoms with Crippen molar-refractivity contribution in [3.63, 3.8) is 0 Å². The average molecular weight is 332 g/mol. The molecule has 3 aromatic rings. The first-order valence-electron chi connectivity index (χ1n) is 6.31. The SMILES string of the molecule is NNC(Cc1ccncc1)c1cc2cccc(Br)c2o1. The molecule has 0 aliphatic heterocycles. The molecule has 2 aromatic heterocycles. The molecule has 3 rings (SSSR count). The van der Waals surface area contributed by atoms with Gasteiger partial charge < -0.3 is 4.42 Å². The van der Waals surface area contributed by atoms with E-state index in [1.807, 2.05) is 36.4 Å². The van der Waals surface area contributed by atoms with Crippen LogP contribution in [0.5, 0.6) is 0 Å². The molecule has 102 valence electrons. The van der Waals surface area contributed by atoms with Crippen molar-refractivity contribution < 1.29 is 4.42 Å². The summed E-state index contributed by atoms with van der Waals surface area (Å²) in [6.07, 6.45) is 4.30. The van der Waals surface area contributed by atoms with E-state index in [0.29, 0.717) is 0 Å². The fourth-order valence-corrected chi connectivity index (χ4v) is 2.68. The van der Waals surface area contributed by atoms with E-state index in [9.17, 15) is 0 Å². The maximum atomic E-state index is 5.92. The largest absolute Gasteiger partial charge is 0.458 e. The zero-order valence-corrected chi connectivity index (χ0v) is 12.3. The Balaban J connectivity index is 1.93. The number of hydrogen-bond donors (Lipinski definition) is 2. The molecular formula is C15H14BrN3O. The van der Waals surface area contributed by atoms with Crippen molar-refractivity contribution >= 4 is 26.9 Å². The van der Waals surface area contributed by atoms with E-state index in [1.54, 1.807) is 12.4 Å². The Morgan fingerprint density at radius 2 is 2.05 bits per heavy atom. The first-order chi connectivity index (χ1) is 9.78. The number of halogens is 1. The Morgan fingerprint density at radius 3 is 2.75 bits per heavy atom. The van der Waals surface area contributed by atoms with Crippen LogP contribution < -0.4 is 11.3 Å². The highest BCUT2D eigenvalue weighted by molar-refractivity contribution is 9.10. The summed E-state index contributed by atoms with van der Waals surface area (Å²) in [5.41, 5.74) is 4.82. The molecule has 0 radical (unpaired) electrons. The lowest BCUT2D eigenvalue weighted by Crippen LogP contribution is -2.29. The molecular weight excluding hydrogens is 318 g/mol. The summed E-state index contributed by atoms with van der Waals surface area (Å²) in [5.74, 6) is 6.50. The first kappa shape index (κ1) is 13.3. The van der Waals surface area contributed by atoms with E-state index >= 15 is 0 Å². The summed E-state index contributed by atoms with van der Waals surface area (Å²) in [5, 5.41) is 1.06. The van der Waals surface area contributed by atoms with Gasteiger partial charge in [-0.1, -0.05) is 12.1 Å². The van der Waals surface area contributed by atoms with Crippen LogP contribution in [0.4, 0.5) is 0 Å². The van der Waals surface area contributed by atoms with Gasteiger partial charge in [-0.2, -0.15) is 0 Å². The monoisotopic (exact) mass is 331 g/mol. The molecule has 0 bridgehead atoms. The predicted molar refractivity (Wildman–Crippen MR) is 81.9 cm³/mol. The van der Waals surface area contributed by atoms with Gasteiger partial charge in [0.15, 0.2) is 0 Å². The fourth-order valence-electron chi connectivity index (χ4n) is 2.22. The number of furan rings is 1. The second-order valence-corrected chi connectivity index (χ2v) is 5.44. The van der Waals surface area contributed by atoms with Crippen LogP contribution in [0.15, 0.2) is 57.7 Å². The molecule has 0 fully saturated rings. The first-order valence-corrected chi connectivity index (χ1v) is 7.10. The van der Waals surface area contributed by atoms with Crippen LogP contribution in [0, 0.1) is 0 Å². The van der Waals surface area contributed by atoms with Crippen molar-refractivity contribution in [2.24, 2.45) is 5.84 Å². The van der Waals surface area contributed by atoms with Gasteiger partial charge in [-0.3, -0.25) is 10.8 Å². The number of aromatic nitrogens is 1. The summed E-state index contributed by atoms with van der Waals surface area (Å²) >= 11 is 3.49. The number of fused-ring (bicyclic) bond motifs is 1. The lowest BCUT2D eigenvalue weighted by atomic mass is 10.1. The third-order valence-electron chi connectivity index (χ3n) is 3.25. The average Bonchev–Trinajstić information content (AvgIpc) is 2.91. The van der Waals surface area contributed by atoms with E-state index in [0.717, 1.165) is 33.2 Å². The maximum absolute atomic E-state index is 5.92. The van der Waals surface area contributed by atoms with E-state index in [4.69, 9.17) is 10.3 Å². The van der Waals surface area contributed by atoms with Gasteiger partial charge in [-0.15, -0.1) is 0 Å². The number of pyridine rings is 1. The van der Waals surface area contributed by atoms with E-state index < -0.39 is 0 Å². The van der Waals surface area contributed by atoms with E-state index in [-0.39, 0.29) is 6.04 Å². The Hall–Kier alpha value is -1.69. The van der Waals surface area contributed by atoms with Crippen LogP contribution in [0.25, 0.3) is 11.0 Å². The smallest absolute Gasteiger partial charge is 0.148 e. The van der Waals surface area contributed by atoms with E-state index in [2.05, 4.69) is 26.3 Å². The second kappa shape index (κ2) is 5.75. The number of nitrogens with zero attached hydrogens (tertiary/aromatic N) is 1. The van der Waals surface area contributed by atoms with Gasteiger partial charge in [-0.05, 0) is 52.2 Å². The minimum Gasteiger partial charge on any atom is -0.458 e. The van der Waals surface area contributed by atoms with Gasteiger partial charge in [-0.25, -0.2) is 5.43 Å². The van der Waals surface area contributed by atoms with Crippen LogP contribution in [0.3, 0.4) is 0 Å². The summed E-state index contributed by atoms with van der Waals surface area (Å²) in [7, 11) is 0. The molecule has 0 aliphatic carbocycles. The van der Waals surface area contributed by atoms with Crippen molar-refractivity contribution in [2.45, 2.75) is 12.5 Å². The molecule has 0 saturated heterocycles. The summed E-state index contributed by atoms with van der Waals surface area (Å²) in [4.78, 5) is 4.02. The van der Waals surface area contributed by atoms with Crippen LogP contribution >= 0.6 is 15.9 Å². The van der Waals surface area contributed by atoms with Gasteiger partial charge in [0.05, 0.1) is 10.5 Å². The molecule has 2 heterocycles. The Labute approximate surface area is 125 Å². The molecule has 1 unspecified atom stereocenters. The van der Waals surface area contributed by atoms with Crippen LogP contribution in [0.2, 0.25) is 0 Å². The standard InChI is InChI=1S/C15H14BrN3O/c16-12-3-1-2-11-9-14(20-15(11)12)13(19-17)8-10-4-6-18-7-5-10/h1-7,9,13,19H,8,17H2. The molecule has 1 aromatic carbocycles. The minimum absolute atomic E-state index is 0.0725. The molecule has 20 heavy (non-hydrogen) atoms. The zero-order chi connectivity index (χ0) is 13.9. The van der Waals surface area contributed by atoms with Crippen LogP contribution in [0.1, 0.15) is 17.4 Å². The molecule has 3 N–H and O–H groups in total. The summed E-state index contributed by atoms with van der Waals surface area (Å²) in [6, 6.07) is 11.9. The number of nitrogens with one attached hydrogen (secondary N) is 1. The van der Waals surface area contributed by atoms with Gasteiger partial charge >= 0.3 is 0 Å². The normalized spacial score (nSPS) is 12.7. The van der Waals surface area contributed by atoms with Gasteiger partial charge in [0.25, 0.3) is 0 Å². The zero-order valence-electron chi connectivity index (χ0n) is 10.7. The van der Waals surface area contributed by atoms with Crippen LogP contribution in [-0.2, 0) is 6.42 Å². The molecule has 5 heteroatoms. The molecule has 0 aliphatic rings. The van der Waals surface area contributed by atoms with Crippen molar-refractivity contribution in [2.75, 3.05) is 0 Å². The Kier molecular flexibility index (Phi) is 3.82. The third-order valence-corrected chi connectivity index (χ3v) is 3.87. The number of para-hydroxylation sites is 1. The van der Waals surface area contributed by atoms with Crippen LogP contribution in [-0.4, -0.2) is 4.98 Å². The second-order valence-electron chi connectivity index (χ2n) is 4.59. The van der Waals surface area contributed by atoms with Crippen molar-refractivity contribution in [1.82, 2.24) is 10.4 Å². The Bertz CT molecular complexity index is 711. The highest BCUT2D eigenvalue weighted by atomic mass is 79.9. The van der Waals surface area contributed by atoms with Crippen molar-refractivity contribution in [1.29, 1.82) is 0 Å². The number of nitrogens with two attached hydrogens (primary N) is 1. The Morgan fingerprint density at radius 1 is 1.25 bits per heavy atom. The number of benzene rings is 1.